The predicted molar refractivity (Wildman–Crippen MR) is 101 cm³/mol. The highest BCUT2D eigenvalue weighted by atomic mass is 35.5. The third kappa shape index (κ3) is 2.98. The minimum atomic E-state index is -0.135. The van der Waals surface area contributed by atoms with Crippen LogP contribution in [0.3, 0.4) is 0 Å². The average Bonchev–Trinajstić information content (AvgIpc) is 3.10. The fraction of sp³-hybridized carbons (Fsp3) is 0.316. The number of amides is 1. The SMILES string of the molecule is COc1cc2c(cc1OC)C(C)N(C(=O)c1cc3ncc(Cl)cn3n1)CC2. The number of carbonyl (C=O) groups is 1. The summed E-state index contributed by atoms with van der Waals surface area (Å²) in [4.78, 5) is 19.1. The van der Waals surface area contributed by atoms with Gasteiger partial charge in [-0.05, 0) is 36.6 Å². The fourth-order valence-electron chi connectivity index (χ4n) is 3.53. The van der Waals surface area contributed by atoms with Gasteiger partial charge < -0.3 is 14.4 Å². The van der Waals surface area contributed by atoms with Crippen molar-refractivity contribution >= 4 is 23.2 Å². The number of benzene rings is 1. The molecule has 1 amide bonds. The summed E-state index contributed by atoms with van der Waals surface area (Å²) in [6, 6.07) is 5.50. The van der Waals surface area contributed by atoms with Gasteiger partial charge in [0.1, 0.15) is 0 Å². The Kier molecular flexibility index (Phi) is 4.39. The van der Waals surface area contributed by atoms with E-state index >= 15 is 0 Å². The van der Waals surface area contributed by atoms with Crippen molar-refractivity contribution in [2.75, 3.05) is 20.8 Å². The van der Waals surface area contributed by atoms with E-state index in [1.807, 2.05) is 24.0 Å². The van der Waals surface area contributed by atoms with E-state index in [1.165, 1.54) is 10.7 Å². The number of carbonyl (C=O) groups excluding carboxylic acids is 1. The first-order chi connectivity index (χ1) is 13.0. The minimum Gasteiger partial charge on any atom is -0.493 e. The molecule has 0 bridgehead atoms. The molecule has 140 valence electrons. The number of halogens is 1. The molecular weight excluding hydrogens is 368 g/mol. The molecule has 0 saturated heterocycles. The highest BCUT2D eigenvalue weighted by Gasteiger charge is 2.31. The number of aromatic nitrogens is 3. The molecule has 0 fully saturated rings. The van der Waals surface area contributed by atoms with Crippen LogP contribution in [-0.2, 0) is 6.42 Å². The average molecular weight is 387 g/mol. The van der Waals surface area contributed by atoms with E-state index in [1.54, 1.807) is 26.5 Å². The number of rotatable bonds is 3. The standard InChI is InChI=1S/C19H19ClN4O3/c1-11-14-7-17(27-3)16(26-2)6-12(14)4-5-23(11)19(25)15-8-18-21-9-13(20)10-24(18)22-15/h6-11H,4-5H2,1-3H3. The molecule has 1 atom stereocenters. The van der Waals surface area contributed by atoms with E-state index in [9.17, 15) is 4.79 Å². The third-order valence-electron chi connectivity index (χ3n) is 4.95. The number of hydrogen-bond acceptors (Lipinski definition) is 5. The highest BCUT2D eigenvalue weighted by Crippen LogP contribution is 2.38. The van der Waals surface area contributed by atoms with Gasteiger partial charge in [-0.2, -0.15) is 5.10 Å². The molecule has 0 spiro atoms. The Bertz CT molecular complexity index is 1030. The van der Waals surface area contributed by atoms with Crippen molar-refractivity contribution in [1.82, 2.24) is 19.5 Å². The zero-order chi connectivity index (χ0) is 19.1. The second-order valence-corrected chi connectivity index (χ2v) is 6.87. The maximum absolute atomic E-state index is 13.1. The number of nitrogens with zero attached hydrogens (tertiary/aromatic N) is 4. The smallest absolute Gasteiger partial charge is 0.274 e. The van der Waals surface area contributed by atoms with Crippen LogP contribution >= 0.6 is 11.6 Å². The Balaban J connectivity index is 1.67. The van der Waals surface area contributed by atoms with Gasteiger partial charge in [-0.3, -0.25) is 4.79 Å². The van der Waals surface area contributed by atoms with Gasteiger partial charge >= 0.3 is 0 Å². The molecule has 3 aromatic rings. The summed E-state index contributed by atoms with van der Waals surface area (Å²) in [6.45, 7) is 2.61. The molecule has 1 unspecified atom stereocenters. The lowest BCUT2D eigenvalue weighted by atomic mass is 9.92. The largest absolute Gasteiger partial charge is 0.493 e. The Morgan fingerprint density at radius 3 is 2.70 bits per heavy atom. The van der Waals surface area contributed by atoms with Crippen LogP contribution in [0.25, 0.3) is 5.65 Å². The van der Waals surface area contributed by atoms with Crippen molar-refractivity contribution in [3.63, 3.8) is 0 Å². The first-order valence-corrected chi connectivity index (χ1v) is 8.96. The first kappa shape index (κ1) is 17.6. The normalized spacial score (nSPS) is 16.3. The quantitative estimate of drug-likeness (QED) is 0.691. The maximum Gasteiger partial charge on any atom is 0.274 e. The van der Waals surface area contributed by atoms with Gasteiger partial charge in [-0.15, -0.1) is 0 Å². The number of methoxy groups -OCH3 is 2. The lowest BCUT2D eigenvalue weighted by Crippen LogP contribution is -2.39. The minimum absolute atomic E-state index is 0.109. The van der Waals surface area contributed by atoms with Crippen LogP contribution in [0.5, 0.6) is 11.5 Å². The second-order valence-electron chi connectivity index (χ2n) is 6.44. The molecule has 4 rings (SSSR count). The summed E-state index contributed by atoms with van der Waals surface area (Å²) in [5.74, 6) is 1.22. The van der Waals surface area contributed by atoms with Crippen LogP contribution in [0.2, 0.25) is 5.02 Å². The lowest BCUT2D eigenvalue weighted by Gasteiger charge is -2.35. The summed E-state index contributed by atoms with van der Waals surface area (Å²) < 4.78 is 12.3. The topological polar surface area (TPSA) is 69.0 Å². The molecule has 8 heteroatoms. The van der Waals surface area contributed by atoms with E-state index in [4.69, 9.17) is 21.1 Å². The van der Waals surface area contributed by atoms with Crippen molar-refractivity contribution in [3.05, 3.63) is 52.4 Å². The Morgan fingerprint density at radius 1 is 1.22 bits per heavy atom. The summed E-state index contributed by atoms with van der Waals surface area (Å²) in [6.07, 6.45) is 3.90. The van der Waals surface area contributed by atoms with Crippen LogP contribution in [0.15, 0.2) is 30.6 Å². The molecule has 0 radical (unpaired) electrons. The molecule has 7 nitrogen and oxygen atoms in total. The summed E-state index contributed by atoms with van der Waals surface area (Å²) in [5, 5.41) is 4.80. The molecule has 2 aromatic heterocycles. The second kappa shape index (κ2) is 6.74. The Hall–Kier alpha value is -2.80. The van der Waals surface area contributed by atoms with E-state index in [-0.39, 0.29) is 11.9 Å². The van der Waals surface area contributed by atoms with Gasteiger partial charge in [0.2, 0.25) is 0 Å². The predicted octanol–water partition coefficient (Wildman–Crippen LogP) is 3.16. The van der Waals surface area contributed by atoms with Gasteiger partial charge in [-0.1, -0.05) is 11.6 Å². The van der Waals surface area contributed by atoms with Crippen LogP contribution in [0.1, 0.15) is 34.6 Å². The van der Waals surface area contributed by atoms with E-state index in [0.29, 0.717) is 34.4 Å². The van der Waals surface area contributed by atoms with Gasteiger partial charge in [0.15, 0.2) is 22.8 Å². The number of fused-ring (bicyclic) bond motifs is 2. The zero-order valence-corrected chi connectivity index (χ0v) is 16.0. The zero-order valence-electron chi connectivity index (χ0n) is 15.3. The number of ether oxygens (including phenoxy) is 2. The van der Waals surface area contributed by atoms with Crippen molar-refractivity contribution in [3.8, 4) is 11.5 Å². The van der Waals surface area contributed by atoms with Crippen LogP contribution in [0.4, 0.5) is 0 Å². The molecule has 1 aromatic carbocycles. The van der Waals surface area contributed by atoms with Gasteiger partial charge in [0, 0.05) is 18.8 Å². The maximum atomic E-state index is 13.1. The van der Waals surface area contributed by atoms with Crippen LogP contribution in [0, 0.1) is 0 Å². The summed E-state index contributed by atoms with van der Waals surface area (Å²) in [7, 11) is 3.23. The van der Waals surface area contributed by atoms with Crippen LogP contribution in [-0.4, -0.2) is 46.2 Å². The first-order valence-electron chi connectivity index (χ1n) is 8.58. The van der Waals surface area contributed by atoms with Crippen molar-refractivity contribution in [2.24, 2.45) is 0 Å². The van der Waals surface area contributed by atoms with E-state index in [2.05, 4.69) is 10.1 Å². The lowest BCUT2D eigenvalue weighted by molar-refractivity contribution is 0.0670. The van der Waals surface area contributed by atoms with Crippen LogP contribution < -0.4 is 9.47 Å². The van der Waals surface area contributed by atoms with E-state index in [0.717, 1.165) is 17.5 Å². The molecule has 0 saturated carbocycles. The van der Waals surface area contributed by atoms with Crippen molar-refractivity contribution in [2.45, 2.75) is 19.4 Å². The molecule has 27 heavy (non-hydrogen) atoms. The molecule has 1 aliphatic rings. The van der Waals surface area contributed by atoms with Gasteiger partial charge in [0.25, 0.3) is 5.91 Å². The molecule has 3 heterocycles. The van der Waals surface area contributed by atoms with E-state index < -0.39 is 0 Å². The summed E-state index contributed by atoms with van der Waals surface area (Å²) in [5.41, 5.74) is 3.14. The monoisotopic (exact) mass is 386 g/mol. The van der Waals surface area contributed by atoms with Crippen molar-refractivity contribution in [1.29, 1.82) is 0 Å². The molecule has 0 aliphatic carbocycles. The van der Waals surface area contributed by atoms with Gasteiger partial charge in [-0.25, -0.2) is 9.50 Å². The Morgan fingerprint density at radius 2 is 1.96 bits per heavy atom. The summed E-state index contributed by atoms with van der Waals surface area (Å²) >= 11 is 5.95. The third-order valence-corrected chi connectivity index (χ3v) is 5.14. The van der Waals surface area contributed by atoms with Gasteiger partial charge in [0.05, 0.1) is 31.5 Å². The molecular formula is C19H19ClN4O3. The number of hydrogen-bond donors (Lipinski definition) is 0. The molecule has 1 aliphatic heterocycles. The molecule has 0 N–H and O–H groups in total. The fourth-order valence-corrected chi connectivity index (χ4v) is 3.67. The van der Waals surface area contributed by atoms with Crippen molar-refractivity contribution < 1.29 is 14.3 Å². The highest BCUT2D eigenvalue weighted by molar-refractivity contribution is 6.30. The Labute approximate surface area is 161 Å².